The lowest BCUT2D eigenvalue weighted by molar-refractivity contribution is 0.560. The summed E-state index contributed by atoms with van der Waals surface area (Å²) < 4.78 is 0. The number of aromatic nitrogens is 1. The number of nitrogens with one attached hydrogen (secondary N) is 1. The van der Waals surface area contributed by atoms with Gasteiger partial charge < -0.3 is 10.2 Å². The van der Waals surface area contributed by atoms with Crippen molar-refractivity contribution in [3.63, 3.8) is 0 Å². The van der Waals surface area contributed by atoms with E-state index in [4.69, 9.17) is 4.98 Å². The third-order valence-electron chi connectivity index (χ3n) is 3.69. The maximum absolute atomic E-state index is 4.80. The van der Waals surface area contributed by atoms with Gasteiger partial charge in [-0.25, -0.2) is 4.98 Å². The molecule has 0 aliphatic carbocycles. The third kappa shape index (κ3) is 4.53. The average molecular weight is 324 g/mol. The van der Waals surface area contributed by atoms with Gasteiger partial charge in [0.1, 0.15) is 0 Å². The molecule has 0 radical (unpaired) electrons. The molecular formula is C16H25N3S2. The van der Waals surface area contributed by atoms with Crippen LogP contribution in [0.5, 0.6) is 0 Å². The molecule has 21 heavy (non-hydrogen) atoms. The summed E-state index contributed by atoms with van der Waals surface area (Å²) in [6.07, 6.45) is 2.23. The van der Waals surface area contributed by atoms with E-state index in [1.54, 1.807) is 11.3 Å². The minimum absolute atomic E-state index is 0.330. The quantitative estimate of drug-likeness (QED) is 0.783. The Hall–Kier alpha value is -0.910. The van der Waals surface area contributed by atoms with Crippen molar-refractivity contribution in [2.45, 2.75) is 45.7 Å². The molecule has 2 aromatic heterocycles. The third-order valence-corrected chi connectivity index (χ3v) is 5.54. The second-order valence-electron chi connectivity index (χ2n) is 5.47. The van der Waals surface area contributed by atoms with Gasteiger partial charge in [-0.05, 0) is 38.3 Å². The molecule has 3 nitrogen and oxygen atoms in total. The lowest BCUT2D eigenvalue weighted by atomic mass is 10.2. The van der Waals surface area contributed by atoms with Crippen molar-refractivity contribution in [1.29, 1.82) is 0 Å². The number of thiophene rings is 1. The molecule has 116 valence electrons. The van der Waals surface area contributed by atoms with Crippen molar-refractivity contribution in [2.24, 2.45) is 0 Å². The summed E-state index contributed by atoms with van der Waals surface area (Å²) in [4.78, 5) is 8.53. The van der Waals surface area contributed by atoms with E-state index in [1.165, 1.54) is 4.88 Å². The van der Waals surface area contributed by atoms with Crippen molar-refractivity contribution in [1.82, 2.24) is 10.3 Å². The molecule has 0 aliphatic heterocycles. The lowest BCUT2D eigenvalue weighted by Crippen LogP contribution is -2.30. The van der Waals surface area contributed by atoms with E-state index in [0.29, 0.717) is 12.1 Å². The van der Waals surface area contributed by atoms with E-state index in [9.17, 15) is 0 Å². The van der Waals surface area contributed by atoms with Gasteiger partial charge in [0, 0.05) is 35.8 Å². The standard InChI is InChI=1S/C16H25N3S2/c1-5-8-17-13(3)15-11-21-16(18-15)19(4)12(2)10-14-7-6-9-20-14/h6-7,9,11-13,17H,5,8,10H2,1-4H3. The number of likely N-dealkylation sites (N-methyl/N-ethyl adjacent to an activating group) is 1. The SMILES string of the molecule is CCCNC(C)c1csc(N(C)C(C)Cc2cccs2)n1. The topological polar surface area (TPSA) is 28.2 Å². The van der Waals surface area contributed by atoms with Crippen LogP contribution in [0.25, 0.3) is 0 Å². The van der Waals surface area contributed by atoms with Gasteiger partial charge in [-0.3, -0.25) is 0 Å². The summed E-state index contributed by atoms with van der Waals surface area (Å²) in [6, 6.07) is 5.12. The van der Waals surface area contributed by atoms with Crippen LogP contribution in [0.4, 0.5) is 5.13 Å². The molecule has 0 amide bonds. The highest BCUT2D eigenvalue weighted by atomic mass is 32.1. The Morgan fingerprint density at radius 1 is 1.33 bits per heavy atom. The first-order chi connectivity index (χ1) is 10.1. The van der Waals surface area contributed by atoms with Crippen LogP contribution in [-0.4, -0.2) is 24.6 Å². The summed E-state index contributed by atoms with van der Waals surface area (Å²) >= 11 is 3.57. The van der Waals surface area contributed by atoms with Crippen LogP contribution in [-0.2, 0) is 6.42 Å². The first-order valence-electron chi connectivity index (χ1n) is 7.55. The van der Waals surface area contributed by atoms with Gasteiger partial charge in [0.15, 0.2) is 5.13 Å². The number of anilines is 1. The van der Waals surface area contributed by atoms with Gasteiger partial charge in [-0.15, -0.1) is 22.7 Å². The van der Waals surface area contributed by atoms with Crippen molar-refractivity contribution in [3.05, 3.63) is 33.5 Å². The van der Waals surface area contributed by atoms with Gasteiger partial charge >= 0.3 is 0 Å². The minimum atomic E-state index is 0.330. The molecule has 0 bridgehead atoms. The molecule has 0 fully saturated rings. The fourth-order valence-corrected chi connectivity index (χ4v) is 3.96. The summed E-state index contributed by atoms with van der Waals surface area (Å²) in [6.45, 7) is 7.67. The molecule has 0 saturated heterocycles. The van der Waals surface area contributed by atoms with Crippen molar-refractivity contribution in [2.75, 3.05) is 18.5 Å². The molecule has 0 aliphatic rings. The molecule has 2 atom stereocenters. The first-order valence-corrected chi connectivity index (χ1v) is 9.31. The Kier molecular flexibility index (Phi) is 6.21. The zero-order chi connectivity index (χ0) is 15.2. The molecule has 0 spiro atoms. The highest BCUT2D eigenvalue weighted by Crippen LogP contribution is 2.26. The predicted molar refractivity (Wildman–Crippen MR) is 94.7 cm³/mol. The maximum Gasteiger partial charge on any atom is 0.185 e. The smallest absolute Gasteiger partial charge is 0.185 e. The molecule has 2 aromatic rings. The first kappa shape index (κ1) is 16.5. The molecule has 2 heterocycles. The van der Waals surface area contributed by atoms with E-state index in [2.05, 4.69) is 60.9 Å². The Bertz CT molecular complexity index is 521. The lowest BCUT2D eigenvalue weighted by Gasteiger charge is -2.24. The van der Waals surface area contributed by atoms with Crippen molar-refractivity contribution in [3.8, 4) is 0 Å². The van der Waals surface area contributed by atoms with E-state index in [1.807, 2.05) is 11.3 Å². The molecular weight excluding hydrogens is 298 g/mol. The summed E-state index contributed by atoms with van der Waals surface area (Å²) in [5.41, 5.74) is 1.15. The number of rotatable bonds is 8. The molecule has 0 aromatic carbocycles. The largest absolute Gasteiger partial charge is 0.348 e. The van der Waals surface area contributed by atoms with Gasteiger partial charge in [0.05, 0.1) is 5.69 Å². The number of nitrogens with zero attached hydrogens (tertiary/aromatic N) is 2. The minimum Gasteiger partial charge on any atom is -0.348 e. The van der Waals surface area contributed by atoms with Gasteiger partial charge in [-0.1, -0.05) is 13.0 Å². The highest BCUT2D eigenvalue weighted by Gasteiger charge is 2.16. The maximum atomic E-state index is 4.80. The van der Waals surface area contributed by atoms with Crippen LogP contribution in [0.2, 0.25) is 0 Å². The summed E-state index contributed by atoms with van der Waals surface area (Å²) in [7, 11) is 2.14. The van der Waals surface area contributed by atoms with Crippen LogP contribution in [0, 0.1) is 0 Å². The second-order valence-corrected chi connectivity index (χ2v) is 7.34. The molecule has 0 saturated carbocycles. The van der Waals surface area contributed by atoms with E-state index in [0.717, 1.165) is 30.2 Å². The molecule has 5 heteroatoms. The number of hydrogen-bond acceptors (Lipinski definition) is 5. The van der Waals surface area contributed by atoms with Crippen molar-refractivity contribution < 1.29 is 0 Å². The fourth-order valence-electron chi connectivity index (χ4n) is 2.15. The van der Waals surface area contributed by atoms with Gasteiger partial charge in [0.2, 0.25) is 0 Å². The highest BCUT2D eigenvalue weighted by molar-refractivity contribution is 7.13. The zero-order valence-electron chi connectivity index (χ0n) is 13.3. The Balaban J connectivity index is 1.96. The molecule has 2 unspecified atom stereocenters. The predicted octanol–water partition coefficient (Wildman–Crippen LogP) is 4.33. The van der Waals surface area contributed by atoms with Crippen LogP contribution in [0.15, 0.2) is 22.9 Å². The summed E-state index contributed by atoms with van der Waals surface area (Å²) in [5, 5.41) is 8.93. The van der Waals surface area contributed by atoms with Crippen LogP contribution in [0.3, 0.4) is 0 Å². The Labute approximate surface area is 136 Å². The van der Waals surface area contributed by atoms with E-state index >= 15 is 0 Å². The molecule has 2 rings (SSSR count). The Morgan fingerprint density at radius 3 is 2.81 bits per heavy atom. The van der Waals surface area contributed by atoms with E-state index < -0.39 is 0 Å². The average Bonchev–Trinajstić information content (AvgIpc) is 3.14. The Morgan fingerprint density at radius 2 is 2.14 bits per heavy atom. The zero-order valence-corrected chi connectivity index (χ0v) is 14.9. The number of hydrogen-bond donors (Lipinski definition) is 1. The van der Waals surface area contributed by atoms with Crippen LogP contribution in [0.1, 0.15) is 43.8 Å². The number of thiazole rings is 1. The normalized spacial score (nSPS) is 14.1. The van der Waals surface area contributed by atoms with Gasteiger partial charge in [-0.2, -0.15) is 0 Å². The fraction of sp³-hybridized carbons (Fsp3) is 0.562. The van der Waals surface area contributed by atoms with Crippen LogP contribution < -0.4 is 10.2 Å². The van der Waals surface area contributed by atoms with Gasteiger partial charge in [0.25, 0.3) is 0 Å². The molecule has 1 N–H and O–H groups in total. The van der Waals surface area contributed by atoms with E-state index in [-0.39, 0.29) is 0 Å². The van der Waals surface area contributed by atoms with Crippen LogP contribution >= 0.6 is 22.7 Å². The second kappa shape index (κ2) is 7.92. The van der Waals surface area contributed by atoms with Crippen molar-refractivity contribution >= 4 is 27.8 Å². The summed E-state index contributed by atoms with van der Waals surface area (Å²) in [5.74, 6) is 0. The monoisotopic (exact) mass is 323 g/mol.